The second kappa shape index (κ2) is 12.3. The van der Waals surface area contributed by atoms with Crippen LogP contribution in [-0.4, -0.2) is 32.4 Å². The number of methoxy groups -OCH3 is 2. The molecule has 8 heteroatoms. The Morgan fingerprint density at radius 2 is 1.38 bits per heavy atom. The van der Waals surface area contributed by atoms with Crippen LogP contribution in [0.2, 0.25) is 0 Å². The van der Waals surface area contributed by atoms with Crippen molar-refractivity contribution in [2.75, 3.05) is 19.1 Å². The van der Waals surface area contributed by atoms with Gasteiger partial charge >= 0.3 is 12.1 Å². The van der Waals surface area contributed by atoms with E-state index >= 15 is 0 Å². The highest BCUT2D eigenvalue weighted by atomic mass is 16.6. The third kappa shape index (κ3) is 5.86. The van der Waals surface area contributed by atoms with Gasteiger partial charge in [-0.05, 0) is 47.5 Å². The summed E-state index contributed by atoms with van der Waals surface area (Å²) in [6.07, 6.45) is -1.89. The van der Waals surface area contributed by atoms with Gasteiger partial charge in [0.2, 0.25) is 6.10 Å². The molecule has 40 heavy (non-hydrogen) atoms. The highest BCUT2D eigenvalue weighted by Gasteiger charge is 2.49. The van der Waals surface area contributed by atoms with Crippen LogP contribution >= 0.6 is 0 Å². The Labute approximate surface area is 232 Å². The Bertz CT molecular complexity index is 1440. The van der Waals surface area contributed by atoms with Crippen molar-refractivity contribution >= 4 is 17.7 Å². The van der Waals surface area contributed by atoms with Gasteiger partial charge < -0.3 is 23.7 Å². The average Bonchev–Trinajstić information content (AvgIpc) is 3.36. The molecule has 5 rings (SSSR count). The molecule has 1 aliphatic heterocycles. The van der Waals surface area contributed by atoms with Crippen LogP contribution in [0.1, 0.15) is 22.7 Å². The van der Waals surface area contributed by atoms with Gasteiger partial charge in [0.15, 0.2) is 0 Å². The predicted octanol–water partition coefficient (Wildman–Crippen LogP) is 6.09. The van der Waals surface area contributed by atoms with E-state index in [9.17, 15) is 9.59 Å². The Hall–Kier alpha value is -4.98. The van der Waals surface area contributed by atoms with Gasteiger partial charge in [-0.3, -0.25) is 4.90 Å². The summed E-state index contributed by atoms with van der Waals surface area (Å²) in [6, 6.07) is 30.9. The molecule has 1 aliphatic rings. The number of anilines is 1. The maximum Gasteiger partial charge on any atom is 0.415 e. The Morgan fingerprint density at radius 3 is 1.98 bits per heavy atom. The molecule has 1 saturated heterocycles. The number of carbonyl (C=O) groups is 2. The summed E-state index contributed by atoms with van der Waals surface area (Å²) in [5.74, 6) is 0.980. The van der Waals surface area contributed by atoms with Gasteiger partial charge in [0.25, 0.3) is 0 Å². The first-order valence-electron chi connectivity index (χ1n) is 12.8. The minimum atomic E-state index is -1.21. The number of nitrogens with zero attached hydrogens (tertiary/aromatic N) is 1. The molecule has 204 valence electrons. The highest BCUT2D eigenvalue weighted by molar-refractivity contribution is 5.96. The molecule has 0 bridgehead atoms. The van der Waals surface area contributed by atoms with Crippen molar-refractivity contribution < 1.29 is 33.3 Å². The smallest absolute Gasteiger partial charge is 0.415 e. The van der Waals surface area contributed by atoms with E-state index in [-0.39, 0.29) is 6.61 Å². The van der Waals surface area contributed by atoms with Crippen LogP contribution in [0.4, 0.5) is 10.5 Å². The van der Waals surface area contributed by atoms with Crippen molar-refractivity contribution in [1.82, 2.24) is 0 Å². The average molecular weight is 540 g/mol. The van der Waals surface area contributed by atoms with Crippen molar-refractivity contribution in [2.24, 2.45) is 0 Å². The second-order valence-corrected chi connectivity index (χ2v) is 9.09. The van der Waals surface area contributed by atoms with Crippen molar-refractivity contribution in [3.05, 3.63) is 120 Å². The summed E-state index contributed by atoms with van der Waals surface area (Å²) >= 11 is 0. The number of ether oxygens (including phenoxy) is 5. The molecule has 0 spiro atoms. The molecule has 4 aromatic carbocycles. The summed E-state index contributed by atoms with van der Waals surface area (Å²) in [6.45, 7) is 0.634. The van der Waals surface area contributed by atoms with E-state index in [4.69, 9.17) is 23.7 Å². The third-order valence-electron chi connectivity index (χ3n) is 6.56. The number of hydrogen-bond donors (Lipinski definition) is 0. The van der Waals surface area contributed by atoms with Crippen LogP contribution in [0.3, 0.4) is 0 Å². The van der Waals surface area contributed by atoms with E-state index < -0.39 is 24.2 Å². The molecule has 0 aromatic heterocycles. The zero-order chi connectivity index (χ0) is 27.9. The molecule has 1 amide bonds. The highest BCUT2D eigenvalue weighted by Crippen LogP contribution is 2.43. The fraction of sp³-hybridized carbons (Fsp3) is 0.188. The standard InChI is InChI=1S/C32H29NO7/c1-36-25-15-13-24(14-16-25)33-29(30(31(34)37-2)40-32(33)35)27-18-17-26(38-20-22-9-5-3-6-10-22)19-28(27)39-21-23-11-7-4-8-12-23/h3-19,29-30H,20-21H2,1-2H3/t29-,30+/m1/s1. The molecule has 0 aliphatic carbocycles. The van der Waals surface area contributed by atoms with Crippen LogP contribution in [0.5, 0.6) is 17.2 Å². The third-order valence-corrected chi connectivity index (χ3v) is 6.56. The van der Waals surface area contributed by atoms with Crippen molar-refractivity contribution in [2.45, 2.75) is 25.4 Å². The van der Waals surface area contributed by atoms with Crippen LogP contribution in [-0.2, 0) is 27.5 Å². The summed E-state index contributed by atoms with van der Waals surface area (Å²) in [4.78, 5) is 27.4. The first kappa shape index (κ1) is 26.6. The largest absolute Gasteiger partial charge is 0.497 e. The monoisotopic (exact) mass is 539 g/mol. The lowest BCUT2D eigenvalue weighted by molar-refractivity contribution is -0.149. The quantitative estimate of drug-likeness (QED) is 0.226. The zero-order valence-corrected chi connectivity index (χ0v) is 22.2. The van der Waals surface area contributed by atoms with Crippen molar-refractivity contribution in [3.8, 4) is 17.2 Å². The lowest BCUT2D eigenvalue weighted by atomic mass is 9.98. The number of carbonyl (C=O) groups excluding carboxylic acids is 2. The minimum Gasteiger partial charge on any atom is -0.497 e. The first-order valence-corrected chi connectivity index (χ1v) is 12.8. The number of cyclic esters (lactones) is 1. The van der Waals surface area contributed by atoms with Crippen LogP contribution in [0.15, 0.2) is 103 Å². The summed E-state index contributed by atoms with van der Waals surface area (Å²) in [7, 11) is 2.82. The van der Waals surface area contributed by atoms with Gasteiger partial charge in [-0.1, -0.05) is 60.7 Å². The first-order chi connectivity index (χ1) is 19.6. The summed E-state index contributed by atoms with van der Waals surface area (Å²) in [5.41, 5.74) is 3.07. The number of hydrogen-bond acceptors (Lipinski definition) is 7. The predicted molar refractivity (Wildman–Crippen MR) is 148 cm³/mol. The fourth-order valence-corrected chi connectivity index (χ4v) is 4.53. The maximum atomic E-state index is 13.2. The van der Waals surface area contributed by atoms with Gasteiger partial charge in [0.1, 0.15) is 36.5 Å². The molecule has 1 heterocycles. The molecule has 1 fully saturated rings. The van der Waals surface area contributed by atoms with E-state index in [0.29, 0.717) is 35.1 Å². The number of esters is 1. The van der Waals surface area contributed by atoms with Crippen LogP contribution in [0, 0.1) is 0 Å². The molecule has 0 saturated carbocycles. The molecule has 0 radical (unpaired) electrons. The molecular weight excluding hydrogens is 510 g/mol. The van der Waals surface area contributed by atoms with E-state index in [1.807, 2.05) is 60.7 Å². The van der Waals surface area contributed by atoms with Crippen LogP contribution in [0.25, 0.3) is 0 Å². The number of rotatable bonds is 10. The van der Waals surface area contributed by atoms with Gasteiger partial charge in [0, 0.05) is 17.3 Å². The molecule has 8 nitrogen and oxygen atoms in total. The Morgan fingerprint density at radius 1 is 0.775 bits per heavy atom. The Balaban J connectivity index is 1.53. The van der Waals surface area contributed by atoms with Gasteiger partial charge in [-0.25, -0.2) is 9.59 Å². The normalized spacial score (nSPS) is 16.2. The van der Waals surface area contributed by atoms with Gasteiger partial charge in [-0.2, -0.15) is 0 Å². The zero-order valence-electron chi connectivity index (χ0n) is 22.2. The van der Waals surface area contributed by atoms with Crippen molar-refractivity contribution in [1.29, 1.82) is 0 Å². The number of amides is 1. The topological polar surface area (TPSA) is 83.5 Å². The summed E-state index contributed by atoms with van der Waals surface area (Å²) in [5, 5.41) is 0. The Kier molecular flexibility index (Phi) is 8.15. The van der Waals surface area contributed by atoms with E-state index in [1.165, 1.54) is 12.0 Å². The maximum absolute atomic E-state index is 13.2. The van der Waals surface area contributed by atoms with Gasteiger partial charge in [0.05, 0.1) is 14.2 Å². The van der Waals surface area contributed by atoms with Crippen molar-refractivity contribution in [3.63, 3.8) is 0 Å². The molecular formula is C32H29NO7. The minimum absolute atomic E-state index is 0.267. The van der Waals surface area contributed by atoms with E-state index in [2.05, 4.69) is 0 Å². The molecule has 4 aromatic rings. The summed E-state index contributed by atoms with van der Waals surface area (Å²) < 4.78 is 28.2. The second-order valence-electron chi connectivity index (χ2n) is 9.09. The molecule has 0 N–H and O–H groups in total. The molecule has 0 unspecified atom stereocenters. The lowest BCUT2D eigenvalue weighted by Gasteiger charge is -2.26. The van der Waals surface area contributed by atoms with E-state index in [1.54, 1.807) is 49.6 Å². The lowest BCUT2D eigenvalue weighted by Crippen LogP contribution is -2.33. The fourth-order valence-electron chi connectivity index (χ4n) is 4.53. The van der Waals surface area contributed by atoms with Crippen LogP contribution < -0.4 is 19.1 Å². The SMILES string of the molecule is COC(=O)[C@H]1OC(=O)N(c2ccc(OC)cc2)[C@@H]1c1ccc(OCc2ccccc2)cc1OCc1ccccc1. The number of benzene rings is 4. The van der Waals surface area contributed by atoms with Gasteiger partial charge in [-0.15, -0.1) is 0 Å². The molecule has 2 atom stereocenters. The van der Waals surface area contributed by atoms with E-state index in [0.717, 1.165) is 11.1 Å².